The van der Waals surface area contributed by atoms with Crippen molar-refractivity contribution in [2.45, 2.75) is 13.0 Å². The quantitative estimate of drug-likeness (QED) is 0.908. The van der Waals surface area contributed by atoms with Gasteiger partial charge in [-0.15, -0.1) is 0 Å². The van der Waals surface area contributed by atoms with Crippen LogP contribution in [0.15, 0.2) is 48.8 Å². The largest absolute Gasteiger partial charge is 0.493 e. The highest BCUT2D eigenvalue weighted by Gasteiger charge is 2.19. The van der Waals surface area contributed by atoms with Gasteiger partial charge in [-0.05, 0) is 35.7 Å². The number of pyridine rings is 1. The van der Waals surface area contributed by atoms with Crippen molar-refractivity contribution < 1.29 is 9.53 Å². The fraction of sp³-hybridized carbons (Fsp3) is 0.294. The molecule has 2 amide bonds. The predicted octanol–water partition coefficient (Wildman–Crippen LogP) is 2.13. The van der Waals surface area contributed by atoms with Crippen molar-refractivity contribution in [3.05, 3.63) is 59.9 Å². The zero-order valence-corrected chi connectivity index (χ0v) is 12.3. The van der Waals surface area contributed by atoms with Gasteiger partial charge in [0.2, 0.25) is 0 Å². The van der Waals surface area contributed by atoms with E-state index >= 15 is 0 Å². The number of aromatic nitrogens is 1. The topological polar surface area (TPSA) is 63.2 Å². The Morgan fingerprint density at radius 1 is 1.18 bits per heavy atom. The lowest BCUT2D eigenvalue weighted by atomic mass is 9.97. The number of nitrogens with one attached hydrogen (secondary N) is 2. The summed E-state index contributed by atoms with van der Waals surface area (Å²) in [6.07, 6.45) is 4.36. The van der Waals surface area contributed by atoms with E-state index in [2.05, 4.69) is 21.7 Å². The molecule has 5 heteroatoms. The van der Waals surface area contributed by atoms with Crippen molar-refractivity contribution in [3.8, 4) is 5.75 Å². The summed E-state index contributed by atoms with van der Waals surface area (Å²) in [5.74, 6) is 1.27. The van der Waals surface area contributed by atoms with E-state index in [1.165, 1.54) is 5.56 Å². The summed E-state index contributed by atoms with van der Waals surface area (Å²) in [5.41, 5.74) is 2.23. The average molecular weight is 297 g/mol. The van der Waals surface area contributed by atoms with Crippen LogP contribution in [0.3, 0.4) is 0 Å². The van der Waals surface area contributed by atoms with Crippen molar-refractivity contribution in [2.24, 2.45) is 5.92 Å². The number of fused-ring (bicyclic) bond motifs is 1. The number of benzene rings is 1. The minimum atomic E-state index is -0.157. The van der Waals surface area contributed by atoms with E-state index in [1.807, 2.05) is 30.3 Å². The van der Waals surface area contributed by atoms with Crippen LogP contribution in [0.1, 0.15) is 11.1 Å². The molecule has 0 aliphatic carbocycles. The monoisotopic (exact) mass is 297 g/mol. The fourth-order valence-corrected chi connectivity index (χ4v) is 2.50. The average Bonchev–Trinajstić information content (AvgIpc) is 2.59. The fourth-order valence-electron chi connectivity index (χ4n) is 2.50. The molecule has 22 heavy (non-hydrogen) atoms. The maximum absolute atomic E-state index is 11.8. The minimum Gasteiger partial charge on any atom is -0.493 e. The molecule has 2 heterocycles. The number of nitrogens with zero attached hydrogens (tertiary/aromatic N) is 1. The number of carbonyl (C=O) groups is 1. The van der Waals surface area contributed by atoms with Gasteiger partial charge in [0.25, 0.3) is 0 Å². The van der Waals surface area contributed by atoms with Crippen LogP contribution in [-0.2, 0) is 13.0 Å². The lowest BCUT2D eigenvalue weighted by Crippen LogP contribution is -2.40. The molecule has 0 unspecified atom stereocenters. The van der Waals surface area contributed by atoms with Gasteiger partial charge >= 0.3 is 6.03 Å². The van der Waals surface area contributed by atoms with E-state index in [0.29, 0.717) is 25.6 Å². The molecule has 0 spiro atoms. The summed E-state index contributed by atoms with van der Waals surface area (Å²) in [4.78, 5) is 15.8. The minimum absolute atomic E-state index is 0.157. The third-order valence-corrected chi connectivity index (χ3v) is 3.71. The maximum Gasteiger partial charge on any atom is 0.315 e. The van der Waals surface area contributed by atoms with Crippen LogP contribution in [0.4, 0.5) is 4.79 Å². The Labute approximate surface area is 129 Å². The first kappa shape index (κ1) is 14.4. The van der Waals surface area contributed by atoms with E-state index in [9.17, 15) is 4.79 Å². The second-order valence-electron chi connectivity index (χ2n) is 5.41. The van der Waals surface area contributed by atoms with Crippen molar-refractivity contribution in [2.75, 3.05) is 13.2 Å². The molecule has 0 saturated carbocycles. The molecular weight excluding hydrogens is 278 g/mol. The second-order valence-corrected chi connectivity index (χ2v) is 5.41. The first-order valence-corrected chi connectivity index (χ1v) is 7.42. The van der Waals surface area contributed by atoms with Gasteiger partial charge < -0.3 is 15.4 Å². The summed E-state index contributed by atoms with van der Waals surface area (Å²) < 4.78 is 5.72. The van der Waals surface area contributed by atoms with Gasteiger partial charge in [-0.1, -0.05) is 18.2 Å². The first-order chi connectivity index (χ1) is 10.8. The number of rotatable bonds is 4. The SMILES string of the molecule is O=C(NCc1ccncc1)NC[C@@H]1COc2ccccc2C1. The Morgan fingerprint density at radius 2 is 2.00 bits per heavy atom. The summed E-state index contributed by atoms with van der Waals surface area (Å²) in [5, 5.41) is 5.75. The highest BCUT2D eigenvalue weighted by molar-refractivity contribution is 5.73. The molecule has 5 nitrogen and oxygen atoms in total. The Morgan fingerprint density at radius 3 is 2.86 bits per heavy atom. The number of urea groups is 1. The summed E-state index contributed by atoms with van der Waals surface area (Å²) in [6, 6.07) is 11.7. The van der Waals surface area contributed by atoms with Crippen LogP contribution < -0.4 is 15.4 Å². The molecule has 114 valence electrons. The molecule has 0 bridgehead atoms. The Balaban J connectivity index is 1.42. The zero-order valence-electron chi connectivity index (χ0n) is 12.3. The standard InChI is InChI=1S/C17H19N3O2/c21-17(19-10-13-5-7-18-8-6-13)20-11-14-9-15-3-1-2-4-16(15)22-12-14/h1-8,14H,9-12H2,(H2,19,20,21)/t14-/m1/s1. The molecule has 1 aromatic heterocycles. The summed E-state index contributed by atoms with van der Waals surface area (Å²) >= 11 is 0. The lowest BCUT2D eigenvalue weighted by molar-refractivity contribution is 0.211. The molecule has 1 aliphatic rings. The third kappa shape index (κ3) is 3.75. The second kappa shape index (κ2) is 6.93. The highest BCUT2D eigenvalue weighted by Crippen LogP contribution is 2.26. The molecule has 3 rings (SSSR count). The molecule has 0 radical (unpaired) electrons. The molecule has 2 aromatic rings. The van der Waals surface area contributed by atoms with E-state index in [4.69, 9.17) is 4.74 Å². The molecule has 1 aliphatic heterocycles. The van der Waals surface area contributed by atoms with E-state index in [1.54, 1.807) is 12.4 Å². The number of hydrogen-bond acceptors (Lipinski definition) is 3. The van der Waals surface area contributed by atoms with Gasteiger partial charge in [0.15, 0.2) is 0 Å². The van der Waals surface area contributed by atoms with Crippen molar-refractivity contribution >= 4 is 6.03 Å². The van der Waals surface area contributed by atoms with Gasteiger partial charge in [-0.2, -0.15) is 0 Å². The van der Waals surface area contributed by atoms with Crippen molar-refractivity contribution in [1.82, 2.24) is 15.6 Å². The number of hydrogen-bond donors (Lipinski definition) is 2. The summed E-state index contributed by atoms with van der Waals surface area (Å²) in [7, 11) is 0. The number of amides is 2. The lowest BCUT2D eigenvalue weighted by Gasteiger charge is -2.25. The van der Waals surface area contributed by atoms with Gasteiger partial charge in [-0.25, -0.2) is 4.79 Å². The van der Waals surface area contributed by atoms with E-state index in [0.717, 1.165) is 17.7 Å². The zero-order chi connectivity index (χ0) is 15.2. The Bertz CT molecular complexity index is 631. The van der Waals surface area contributed by atoms with Crippen LogP contribution in [0, 0.1) is 5.92 Å². The Hall–Kier alpha value is -2.56. The van der Waals surface area contributed by atoms with Gasteiger partial charge in [0.1, 0.15) is 5.75 Å². The van der Waals surface area contributed by atoms with Gasteiger partial charge in [-0.3, -0.25) is 4.98 Å². The van der Waals surface area contributed by atoms with Gasteiger partial charge in [0, 0.05) is 31.4 Å². The van der Waals surface area contributed by atoms with Crippen LogP contribution in [0.25, 0.3) is 0 Å². The molecule has 1 aromatic carbocycles. The van der Waals surface area contributed by atoms with Crippen LogP contribution in [-0.4, -0.2) is 24.2 Å². The molecule has 2 N–H and O–H groups in total. The molecule has 1 atom stereocenters. The van der Waals surface area contributed by atoms with E-state index < -0.39 is 0 Å². The number of ether oxygens (including phenoxy) is 1. The maximum atomic E-state index is 11.8. The number of carbonyl (C=O) groups excluding carboxylic acids is 1. The van der Waals surface area contributed by atoms with Crippen LogP contribution in [0.2, 0.25) is 0 Å². The van der Waals surface area contributed by atoms with E-state index in [-0.39, 0.29) is 6.03 Å². The molecule has 0 saturated heterocycles. The highest BCUT2D eigenvalue weighted by atomic mass is 16.5. The van der Waals surface area contributed by atoms with Crippen LogP contribution >= 0.6 is 0 Å². The van der Waals surface area contributed by atoms with Crippen LogP contribution in [0.5, 0.6) is 5.75 Å². The smallest absolute Gasteiger partial charge is 0.315 e. The molecule has 0 fully saturated rings. The van der Waals surface area contributed by atoms with Crippen molar-refractivity contribution in [3.63, 3.8) is 0 Å². The third-order valence-electron chi connectivity index (χ3n) is 3.71. The predicted molar refractivity (Wildman–Crippen MR) is 83.6 cm³/mol. The molecular formula is C17H19N3O2. The number of para-hydroxylation sites is 1. The van der Waals surface area contributed by atoms with Crippen molar-refractivity contribution in [1.29, 1.82) is 0 Å². The summed E-state index contributed by atoms with van der Waals surface area (Å²) in [6.45, 7) is 1.75. The normalized spacial score (nSPS) is 16.3. The van der Waals surface area contributed by atoms with Gasteiger partial charge in [0.05, 0.1) is 6.61 Å². The Kier molecular flexibility index (Phi) is 4.53. The first-order valence-electron chi connectivity index (χ1n) is 7.42.